The summed E-state index contributed by atoms with van der Waals surface area (Å²) in [6.07, 6.45) is 0. The molecule has 0 aliphatic carbocycles. The van der Waals surface area contributed by atoms with Crippen LogP contribution in [0.25, 0.3) is 0 Å². The minimum atomic E-state index is 0.0800. The number of carbonyl (C=O) groups is 1. The van der Waals surface area contributed by atoms with Gasteiger partial charge in [0.25, 0.3) is 5.91 Å². The fourth-order valence-corrected chi connectivity index (χ4v) is 3.12. The Morgan fingerprint density at radius 3 is 3.00 bits per heavy atom. The maximum Gasteiger partial charge on any atom is 0.253 e. The molecular weight excluding hydrogens is 300 g/mol. The number of rotatable bonds is 1. The van der Waals surface area contributed by atoms with Crippen molar-refractivity contribution in [2.45, 2.75) is 12.2 Å². The number of carbonyl (C=O) groups excluding carboxylic acids is 1. The van der Waals surface area contributed by atoms with Gasteiger partial charge in [0.2, 0.25) is 0 Å². The molecule has 17 heavy (non-hydrogen) atoms. The van der Waals surface area contributed by atoms with Gasteiger partial charge < -0.3 is 10.6 Å². The molecule has 2 N–H and O–H groups in total. The Hall–Kier alpha value is -0.680. The van der Waals surface area contributed by atoms with Crippen molar-refractivity contribution in [3.63, 3.8) is 0 Å². The molecule has 0 aromatic heterocycles. The molecule has 1 atom stereocenters. The van der Waals surface area contributed by atoms with Crippen LogP contribution in [0.5, 0.6) is 0 Å². The minimum Gasteiger partial charge on any atom is -0.398 e. The van der Waals surface area contributed by atoms with Crippen LogP contribution in [0.2, 0.25) is 0 Å². The quantitative estimate of drug-likeness (QED) is 0.810. The highest BCUT2D eigenvalue weighted by Gasteiger charge is 2.22. The lowest BCUT2D eigenvalue weighted by Crippen LogP contribution is -2.41. The molecule has 2 rings (SSSR count). The first-order valence-electron chi connectivity index (χ1n) is 5.54. The Balaban J connectivity index is 2.15. The van der Waals surface area contributed by atoms with Crippen molar-refractivity contribution >= 4 is 39.3 Å². The summed E-state index contributed by atoms with van der Waals surface area (Å²) in [5.41, 5.74) is 7.07. The zero-order valence-electron chi connectivity index (χ0n) is 9.65. The highest BCUT2D eigenvalue weighted by Crippen LogP contribution is 2.23. The molecule has 92 valence electrons. The van der Waals surface area contributed by atoms with Crippen LogP contribution < -0.4 is 5.73 Å². The molecule has 1 saturated heterocycles. The second kappa shape index (κ2) is 5.31. The van der Waals surface area contributed by atoms with Crippen molar-refractivity contribution in [1.29, 1.82) is 0 Å². The molecule has 1 heterocycles. The molecule has 1 aliphatic rings. The van der Waals surface area contributed by atoms with Crippen LogP contribution in [0.1, 0.15) is 17.3 Å². The van der Waals surface area contributed by atoms with Gasteiger partial charge in [0, 0.05) is 39.8 Å². The van der Waals surface area contributed by atoms with Crippen molar-refractivity contribution in [3.05, 3.63) is 28.2 Å². The Bertz CT molecular complexity index is 439. The number of nitrogen functional groups attached to an aromatic ring is 1. The third-order valence-corrected chi connectivity index (χ3v) is 4.63. The van der Waals surface area contributed by atoms with Gasteiger partial charge >= 0.3 is 0 Å². The topological polar surface area (TPSA) is 46.3 Å². The smallest absolute Gasteiger partial charge is 0.253 e. The molecule has 5 heteroatoms. The number of thioether (sulfide) groups is 1. The molecule has 1 fully saturated rings. The van der Waals surface area contributed by atoms with Crippen molar-refractivity contribution < 1.29 is 4.79 Å². The fourth-order valence-electron chi connectivity index (χ4n) is 1.86. The Morgan fingerprint density at radius 1 is 1.59 bits per heavy atom. The molecule has 1 unspecified atom stereocenters. The standard InChI is InChI=1S/C12H15BrN2OS/c1-8-7-15(4-5-17-8)12(16)9-2-3-10(13)11(14)6-9/h2-3,6,8H,4-5,7,14H2,1H3. The van der Waals surface area contributed by atoms with Crippen LogP contribution in [-0.2, 0) is 0 Å². The molecule has 0 saturated carbocycles. The van der Waals surface area contributed by atoms with Gasteiger partial charge in [-0.25, -0.2) is 0 Å². The third kappa shape index (κ3) is 2.96. The Morgan fingerprint density at radius 2 is 2.35 bits per heavy atom. The van der Waals surface area contributed by atoms with Gasteiger partial charge in [-0.05, 0) is 34.1 Å². The van der Waals surface area contributed by atoms with Crippen molar-refractivity contribution in [3.8, 4) is 0 Å². The second-order valence-corrected chi connectivity index (χ2v) is 6.57. The summed E-state index contributed by atoms with van der Waals surface area (Å²) in [5, 5.41) is 0.514. The van der Waals surface area contributed by atoms with Gasteiger partial charge in [-0.2, -0.15) is 11.8 Å². The van der Waals surface area contributed by atoms with Gasteiger partial charge in [-0.3, -0.25) is 4.79 Å². The predicted molar refractivity (Wildman–Crippen MR) is 76.4 cm³/mol. The van der Waals surface area contributed by atoms with E-state index in [0.29, 0.717) is 16.5 Å². The van der Waals surface area contributed by atoms with E-state index in [2.05, 4.69) is 22.9 Å². The summed E-state index contributed by atoms with van der Waals surface area (Å²) in [4.78, 5) is 14.2. The van der Waals surface area contributed by atoms with E-state index in [0.717, 1.165) is 23.3 Å². The molecular formula is C12H15BrN2OS. The minimum absolute atomic E-state index is 0.0800. The first-order valence-corrected chi connectivity index (χ1v) is 7.38. The molecule has 1 aliphatic heterocycles. The van der Waals surface area contributed by atoms with E-state index in [4.69, 9.17) is 5.73 Å². The summed E-state index contributed by atoms with van der Waals surface area (Å²) < 4.78 is 0.830. The average Bonchev–Trinajstić information content (AvgIpc) is 2.32. The van der Waals surface area contributed by atoms with E-state index in [-0.39, 0.29) is 5.91 Å². The summed E-state index contributed by atoms with van der Waals surface area (Å²) in [7, 11) is 0. The van der Waals surface area contributed by atoms with Crippen LogP contribution >= 0.6 is 27.7 Å². The van der Waals surface area contributed by atoms with E-state index >= 15 is 0 Å². The highest BCUT2D eigenvalue weighted by molar-refractivity contribution is 9.10. The lowest BCUT2D eigenvalue weighted by atomic mass is 10.1. The lowest BCUT2D eigenvalue weighted by Gasteiger charge is -2.30. The monoisotopic (exact) mass is 314 g/mol. The summed E-state index contributed by atoms with van der Waals surface area (Å²) in [6, 6.07) is 5.37. The number of benzene rings is 1. The van der Waals surface area contributed by atoms with Crippen LogP contribution in [-0.4, -0.2) is 34.9 Å². The lowest BCUT2D eigenvalue weighted by molar-refractivity contribution is 0.0763. The first-order chi connectivity index (χ1) is 8.08. The number of amides is 1. The SMILES string of the molecule is CC1CN(C(=O)c2ccc(Br)c(N)c2)CCS1. The zero-order chi connectivity index (χ0) is 12.4. The maximum absolute atomic E-state index is 12.3. The number of nitrogens with two attached hydrogens (primary N) is 1. The Kier molecular flexibility index (Phi) is 3.99. The van der Waals surface area contributed by atoms with Crippen molar-refractivity contribution in [2.75, 3.05) is 24.6 Å². The number of nitrogens with zero attached hydrogens (tertiary/aromatic N) is 1. The van der Waals surface area contributed by atoms with Gasteiger partial charge in [0.05, 0.1) is 0 Å². The largest absolute Gasteiger partial charge is 0.398 e. The second-order valence-electron chi connectivity index (χ2n) is 4.17. The molecule has 0 bridgehead atoms. The third-order valence-electron chi connectivity index (χ3n) is 2.77. The van der Waals surface area contributed by atoms with E-state index in [9.17, 15) is 4.79 Å². The van der Waals surface area contributed by atoms with E-state index < -0.39 is 0 Å². The average molecular weight is 315 g/mol. The molecule has 0 spiro atoms. The first kappa shape index (κ1) is 12.8. The maximum atomic E-state index is 12.3. The van der Waals surface area contributed by atoms with E-state index in [1.165, 1.54) is 0 Å². The van der Waals surface area contributed by atoms with Crippen LogP contribution in [0.3, 0.4) is 0 Å². The molecule has 1 aromatic rings. The van der Waals surface area contributed by atoms with Crippen molar-refractivity contribution in [2.24, 2.45) is 0 Å². The number of halogens is 1. The Labute approximate surface area is 114 Å². The number of anilines is 1. The van der Waals surface area contributed by atoms with Gasteiger partial charge in [0.15, 0.2) is 0 Å². The highest BCUT2D eigenvalue weighted by atomic mass is 79.9. The van der Waals surface area contributed by atoms with Crippen LogP contribution in [0.4, 0.5) is 5.69 Å². The van der Waals surface area contributed by atoms with Crippen LogP contribution in [0.15, 0.2) is 22.7 Å². The van der Waals surface area contributed by atoms with Gasteiger partial charge in [-0.1, -0.05) is 6.92 Å². The summed E-state index contributed by atoms with van der Waals surface area (Å²) in [6.45, 7) is 3.79. The van der Waals surface area contributed by atoms with E-state index in [1.807, 2.05) is 28.8 Å². The fraction of sp³-hybridized carbons (Fsp3) is 0.417. The van der Waals surface area contributed by atoms with Crippen LogP contribution in [0, 0.1) is 0 Å². The van der Waals surface area contributed by atoms with Gasteiger partial charge in [-0.15, -0.1) is 0 Å². The van der Waals surface area contributed by atoms with Gasteiger partial charge in [0.1, 0.15) is 0 Å². The van der Waals surface area contributed by atoms with E-state index in [1.54, 1.807) is 6.07 Å². The van der Waals surface area contributed by atoms with Crippen molar-refractivity contribution in [1.82, 2.24) is 4.90 Å². The number of hydrogen-bond donors (Lipinski definition) is 1. The zero-order valence-corrected chi connectivity index (χ0v) is 12.1. The molecule has 1 aromatic carbocycles. The predicted octanol–water partition coefficient (Wildman–Crippen LogP) is 2.61. The normalized spacial score (nSPS) is 20.4. The molecule has 1 amide bonds. The number of hydrogen-bond acceptors (Lipinski definition) is 3. The molecule has 0 radical (unpaired) electrons. The summed E-state index contributed by atoms with van der Waals surface area (Å²) >= 11 is 5.24. The summed E-state index contributed by atoms with van der Waals surface area (Å²) in [5.74, 6) is 1.09. The molecule has 3 nitrogen and oxygen atoms in total.